The van der Waals surface area contributed by atoms with Crippen molar-refractivity contribution < 1.29 is 14.3 Å². The SMILES string of the molecule is Cc1cccc(OCCC(=O)Nc2ccccc2OCCn2ccnc2)c1C. The molecule has 3 rings (SSSR count). The van der Waals surface area contributed by atoms with Crippen LogP contribution in [-0.2, 0) is 11.3 Å². The minimum absolute atomic E-state index is 0.115. The van der Waals surface area contributed by atoms with Crippen LogP contribution >= 0.6 is 0 Å². The molecule has 0 aliphatic heterocycles. The number of benzene rings is 2. The van der Waals surface area contributed by atoms with Crippen molar-refractivity contribution in [3.63, 3.8) is 0 Å². The Hall–Kier alpha value is -3.28. The molecule has 3 aromatic rings. The summed E-state index contributed by atoms with van der Waals surface area (Å²) in [6.45, 7) is 5.55. The van der Waals surface area contributed by atoms with Crippen LogP contribution in [0.4, 0.5) is 5.69 Å². The molecule has 1 aromatic heterocycles. The lowest BCUT2D eigenvalue weighted by Crippen LogP contribution is -2.16. The second kappa shape index (κ2) is 9.60. The first-order valence-electron chi connectivity index (χ1n) is 9.30. The molecule has 1 amide bonds. The number of rotatable bonds is 9. The maximum absolute atomic E-state index is 12.3. The van der Waals surface area contributed by atoms with Gasteiger partial charge in [0, 0.05) is 12.4 Å². The standard InChI is InChI=1S/C22H25N3O3/c1-17-6-5-9-20(18(17)2)27-14-10-22(26)24-19-7-3-4-8-21(19)28-15-13-25-12-11-23-16-25/h3-9,11-12,16H,10,13-15H2,1-2H3,(H,24,26). The number of amides is 1. The maximum Gasteiger partial charge on any atom is 0.227 e. The molecule has 6 heteroatoms. The van der Waals surface area contributed by atoms with Gasteiger partial charge in [-0.2, -0.15) is 0 Å². The van der Waals surface area contributed by atoms with Crippen LogP contribution in [0.25, 0.3) is 0 Å². The largest absolute Gasteiger partial charge is 0.493 e. The number of aromatic nitrogens is 2. The van der Waals surface area contributed by atoms with E-state index in [-0.39, 0.29) is 12.3 Å². The third kappa shape index (κ3) is 5.36. The van der Waals surface area contributed by atoms with E-state index in [4.69, 9.17) is 9.47 Å². The zero-order valence-electron chi connectivity index (χ0n) is 16.2. The van der Waals surface area contributed by atoms with E-state index >= 15 is 0 Å². The summed E-state index contributed by atoms with van der Waals surface area (Å²) in [5, 5.41) is 2.90. The van der Waals surface area contributed by atoms with Gasteiger partial charge in [0.05, 0.1) is 31.6 Å². The number of carbonyl (C=O) groups is 1. The molecule has 146 valence electrons. The number of para-hydroxylation sites is 2. The lowest BCUT2D eigenvalue weighted by atomic mass is 10.1. The van der Waals surface area contributed by atoms with Crippen molar-refractivity contribution in [2.24, 2.45) is 0 Å². The molecule has 1 heterocycles. The number of hydrogen-bond donors (Lipinski definition) is 1. The fourth-order valence-electron chi connectivity index (χ4n) is 2.72. The lowest BCUT2D eigenvalue weighted by molar-refractivity contribution is -0.116. The van der Waals surface area contributed by atoms with Crippen LogP contribution in [0, 0.1) is 13.8 Å². The van der Waals surface area contributed by atoms with E-state index in [9.17, 15) is 4.79 Å². The van der Waals surface area contributed by atoms with Crippen LogP contribution in [-0.4, -0.2) is 28.7 Å². The van der Waals surface area contributed by atoms with E-state index in [1.165, 1.54) is 5.56 Å². The predicted molar refractivity (Wildman–Crippen MR) is 109 cm³/mol. The van der Waals surface area contributed by atoms with Crippen molar-refractivity contribution in [1.82, 2.24) is 9.55 Å². The van der Waals surface area contributed by atoms with Crippen molar-refractivity contribution in [3.05, 3.63) is 72.3 Å². The quantitative estimate of drug-likeness (QED) is 0.611. The minimum Gasteiger partial charge on any atom is -0.493 e. The number of imidazole rings is 1. The van der Waals surface area contributed by atoms with Crippen LogP contribution in [0.15, 0.2) is 61.2 Å². The van der Waals surface area contributed by atoms with Gasteiger partial charge in [0.25, 0.3) is 0 Å². The molecule has 0 unspecified atom stereocenters. The Morgan fingerprint density at radius 3 is 2.64 bits per heavy atom. The van der Waals surface area contributed by atoms with Gasteiger partial charge in [-0.25, -0.2) is 4.98 Å². The summed E-state index contributed by atoms with van der Waals surface area (Å²) < 4.78 is 13.5. The highest BCUT2D eigenvalue weighted by Crippen LogP contribution is 2.24. The summed E-state index contributed by atoms with van der Waals surface area (Å²) in [6.07, 6.45) is 5.62. The summed E-state index contributed by atoms with van der Waals surface area (Å²) in [7, 11) is 0. The van der Waals surface area contributed by atoms with Crippen molar-refractivity contribution in [3.8, 4) is 11.5 Å². The summed E-state index contributed by atoms with van der Waals surface area (Å²) in [5.41, 5.74) is 2.92. The fraction of sp³-hybridized carbons (Fsp3) is 0.273. The van der Waals surface area contributed by atoms with Gasteiger partial charge in [-0.1, -0.05) is 24.3 Å². The van der Waals surface area contributed by atoms with Crippen LogP contribution in [0.2, 0.25) is 0 Å². The highest BCUT2D eigenvalue weighted by Gasteiger charge is 2.09. The van der Waals surface area contributed by atoms with E-state index in [0.29, 0.717) is 31.2 Å². The van der Waals surface area contributed by atoms with E-state index in [1.807, 2.05) is 67.1 Å². The molecule has 0 aliphatic rings. The summed E-state index contributed by atoms with van der Waals surface area (Å²) in [6, 6.07) is 13.3. The van der Waals surface area contributed by atoms with E-state index < -0.39 is 0 Å². The number of anilines is 1. The van der Waals surface area contributed by atoms with E-state index in [0.717, 1.165) is 11.3 Å². The Bertz CT molecular complexity index is 907. The highest BCUT2D eigenvalue weighted by atomic mass is 16.5. The monoisotopic (exact) mass is 379 g/mol. The molecule has 0 saturated heterocycles. The van der Waals surface area contributed by atoms with Crippen molar-refractivity contribution in [2.45, 2.75) is 26.8 Å². The predicted octanol–water partition coefficient (Wildman–Crippen LogP) is 3.99. The van der Waals surface area contributed by atoms with Gasteiger partial charge in [-0.05, 0) is 43.2 Å². The number of aryl methyl sites for hydroxylation is 1. The Kier molecular flexibility index (Phi) is 6.68. The van der Waals surface area contributed by atoms with E-state index in [2.05, 4.69) is 10.3 Å². The van der Waals surface area contributed by atoms with Gasteiger partial charge in [-0.15, -0.1) is 0 Å². The molecule has 0 bridgehead atoms. The van der Waals surface area contributed by atoms with Crippen LogP contribution in [0.3, 0.4) is 0 Å². The summed E-state index contributed by atoms with van der Waals surface area (Å²) in [4.78, 5) is 16.3. The number of nitrogens with zero attached hydrogens (tertiary/aromatic N) is 2. The maximum atomic E-state index is 12.3. The molecule has 0 radical (unpaired) electrons. The van der Waals surface area contributed by atoms with Gasteiger partial charge in [0.2, 0.25) is 5.91 Å². The molecular weight excluding hydrogens is 354 g/mol. The van der Waals surface area contributed by atoms with Crippen molar-refractivity contribution in [2.75, 3.05) is 18.5 Å². The molecule has 0 spiro atoms. The smallest absolute Gasteiger partial charge is 0.227 e. The Labute approximate surface area is 165 Å². The zero-order chi connectivity index (χ0) is 19.8. The second-order valence-corrected chi connectivity index (χ2v) is 6.49. The second-order valence-electron chi connectivity index (χ2n) is 6.49. The zero-order valence-corrected chi connectivity index (χ0v) is 16.2. The molecule has 2 aromatic carbocycles. The minimum atomic E-state index is -0.115. The fourth-order valence-corrected chi connectivity index (χ4v) is 2.72. The molecule has 0 atom stereocenters. The molecule has 0 fully saturated rings. The number of ether oxygens (including phenoxy) is 2. The van der Waals surface area contributed by atoms with Crippen LogP contribution < -0.4 is 14.8 Å². The van der Waals surface area contributed by atoms with Gasteiger partial charge in [-0.3, -0.25) is 4.79 Å². The molecule has 0 saturated carbocycles. The van der Waals surface area contributed by atoms with Crippen LogP contribution in [0.1, 0.15) is 17.5 Å². The summed E-state index contributed by atoms with van der Waals surface area (Å²) in [5.74, 6) is 1.35. The number of nitrogens with one attached hydrogen (secondary N) is 1. The van der Waals surface area contributed by atoms with Gasteiger partial charge in [0.15, 0.2) is 0 Å². The Morgan fingerprint density at radius 2 is 1.82 bits per heavy atom. The summed E-state index contributed by atoms with van der Waals surface area (Å²) >= 11 is 0. The third-order valence-electron chi connectivity index (χ3n) is 4.47. The number of hydrogen-bond acceptors (Lipinski definition) is 4. The molecule has 0 aliphatic carbocycles. The van der Waals surface area contributed by atoms with Gasteiger partial charge >= 0.3 is 0 Å². The average Bonchev–Trinajstić information content (AvgIpc) is 3.20. The Morgan fingerprint density at radius 1 is 1.04 bits per heavy atom. The lowest BCUT2D eigenvalue weighted by Gasteiger charge is -2.13. The van der Waals surface area contributed by atoms with Crippen molar-refractivity contribution in [1.29, 1.82) is 0 Å². The topological polar surface area (TPSA) is 65.4 Å². The normalized spacial score (nSPS) is 10.5. The third-order valence-corrected chi connectivity index (χ3v) is 4.47. The highest BCUT2D eigenvalue weighted by molar-refractivity contribution is 5.92. The first-order valence-corrected chi connectivity index (χ1v) is 9.30. The van der Waals surface area contributed by atoms with Gasteiger partial charge in [0.1, 0.15) is 18.1 Å². The van der Waals surface area contributed by atoms with Gasteiger partial charge < -0.3 is 19.4 Å². The molecule has 28 heavy (non-hydrogen) atoms. The molecule has 6 nitrogen and oxygen atoms in total. The molecular formula is C22H25N3O3. The van der Waals surface area contributed by atoms with Crippen molar-refractivity contribution >= 4 is 11.6 Å². The number of carbonyl (C=O) groups excluding carboxylic acids is 1. The first-order chi connectivity index (χ1) is 13.6. The van der Waals surface area contributed by atoms with E-state index in [1.54, 1.807) is 12.5 Å². The average molecular weight is 379 g/mol. The Balaban J connectivity index is 1.49. The molecule has 1 N–H and O–H groups in total. The van der Waals surface area contributed by atoms with Crippen LogP contribution in [0.5, 0.6) is 11.5 Å². The first kappa shape index (κ1) is 19.5.